The lowest BCUT2D eigenvalue weighted by Gasteiger charge is -2.09. The van der Waals surface area contributed by atoms with Crippen molar-refractivity contribution in [1.29, 1.82) is 0 Å². The van der Waals surface area contributed by atoms with Gasteiger partial charge in [0.2, 0.25) is 0 Å². The predicted octanol–water partition coefficient (Wildman–Crippen LogP) is 3.44. The first-order valence-electron chi connectivity index (χ1n) is 5.05. The number of hydrogen-bond donors (Lipinski definition) is 1. The average molecular weight is 185 g/mol. The van der Waals surface area contributed by atoms with E-state index in [9.17, 15) is 0 Å². The second-order valence-corrected chi connectivity index (χ2v) is 3.42. The highest BCUT2D eigenvalue weighted by Crippen LogP contribution is 2.26. The van der Waals surface area contributed by atoms with E-state index in [1.54, 1.807) is 0 Å². The fourth-order valence-electron chi connectivity index (χ4n) is 1.89. The molecule has 1 heteroatoms. The minimum absolute atomic E-state index is 1.09. The van der Waals surface area contributed by atoms with Crippen molar-refractivity contribution >= 4 is 16.5 Å². The van der Waals surface area contributed by atoms with Crippen LogP contribution in [0, 0.1) is 0 Å². The van der Waals surface area contributed by atoms with Crippen molar-refractivity contribution in [3.63, 3.8) is 0 Å². The molecule has 2 aromatic rings. The first-order valence-corrected chi connectivity index (χ1v) is 5.05. The Morgan fingerprint density at radius 1 is 1.00 bits per heavy atom. The first-order chi connectivity index (χ1) is 6.86. The monoisotopic (exact) mass is 185 g/mol. The lowest BCUT2D eigenvalue weighted by Crippen LogP contribution is -1.91. The molecule has 0 atom stereocenters. The van der Waals surface area contributed by atoms with Gasteiger partial charge in [0.25, 0.3) is 0 Å². The molecular weight excluding hydrogens is 170 g/mol. The Bertz CT molecular complexity index is 403. The van der Waals surface area contributed by atoms with Gasteiger partial charge in [-0.2, -0.15) is 0 Å². The summed E-state index contributed by atoms with van der Waals surface area (Å²) in [6.07, 6.45) is 1.09. The van der Waals surface area contributed by atoms with E-state index in [0.29, 0.717) is 0 Å². The summed E-state index contributed by atoms with van der Waals surface area (Å²) in [6, 6.07) is 12.9. The fourth-order valence-corrected chi connectivity index (χ4v) is 1.89. The molecule has 0 heterocycles. The molecule has 2 rings (SSSR count). The third kappa shape index (κ3) is 1.35. The minimum Gasteiger partial charge on any atom is -0.388 e. The highest BCUT2D eigenvalue weighted by atomic mass is 14.8. The van der Waals surface area contributed by atoms with Gasteiger partial charge in [0.15, 0.2) is 0 Å². The van der Waals surface area contributed by atoms with E-state index in [1.165, 1.54) is 22.0 Å². The number of aryl methyl sites for hydroxylation is 1. The summed E-state index contributed by atoms with van der Waals surface area (Å²) in [6.45, 7) is 2.20. The lowest BCUT2D eigenvalue weighted by molar-refractivity contribution is 1.16. The number of rotatable bonds is 2. The van der Waals surface area contributed by atoms with Crippen molar-refractivity contribution in [3.05, 3.63) is 42.0 Å². The van der Waals surface area contributed by atoms with Crippen molar-refractivity contribution in [2.45, 2.75) is 13.3 Å². The van der Waals surface area contributed by atoms with Gasteiger partial charge in [-0.25, -0.2) is 0 Å². The Morgan fingerprint density at radius 2 is 1.71 bits per heavy atom. The molecule has 0 aliphatic carbocycles. The zero-order chi connectivity index (χ0) is 9.97. The van der Waals surface area contributed by atoms with E-state index < -0.39 is 0 Å². The smallest absolute Gasteiger partial charge is 0.0417 e. The minimum atomic E-state index is 1.09. The van der Waals surface area contributed by atoms with Crippen LogP contribution in [-0.2, 0) is 6.42 Å². The topological polar surface area (TPSA) is 12.0 Å². The summed E-state index contributed by atoms with van der Waals surface area (Å²) in [5.41, 5.74) is 2.62. The molecule has 0 aromatic heterocycles. The quantitative estimate of drug-likeness (QED) is 0.755. The first kappa shape index (κ1) is 9.07. The van der Waals surface area contributed by atoms with E-state index in [4.69, 9.17) is 0 Å². The lowest BCUT2D eigenvalue weighted by atomic mass is 10.0. The second-order valence-electron chi connectivity index (χ2n) is 3.42. The number of benzene rings is 2. The van der Waals surface area contributed by atoms with Gasteiger partial charge in [-0.05, 0) is 23.4 Å². The molecule has 0 aliphatic heterocycles. The maximum atomic E-state index is 3.22. The molecule has 2 aromatic carbocycles. The molecule has 1 N–H and O–H groups in total. The number of nitrogens with one attached hydrogen (secondary N) is 1. The Balaban J connectivity index is 2.78. The van der Waals surface area contributed by atoms with Gasteiger partial charge in [0.05, 0.1) is 0 Å². The molecule has 0 saturated carbocycles. The Morgan fingerprint density at radius 3 is 2.36 bits per heavy atom. The molecule has 0 fully saturated rings. The highest BCUT2D eigenvalue weighted by molar-refractivity contribution is 5.96. The van der Waals surface area contributed by atoms with Crippen molar-refractivity contribution in [2.75, 3.05) is 12.4 Å². The zero-order valence-corrected chi connectivity index (χ0v) is 8.67. The molecule has 0 saturated heterocycles. The number of fused-ring (bicyclic) bond motifs is 1. The van der Waals surface area contributed by atoms with Gasteiger partial charge in [-0.3, -0.25) is 0 Å². The molecule has 0 unspecified atom stereocenters. The Labute approximate surface area is 84.8 Å². The summed E-state index contributed by atoms with van der Waals surface area (Å²) < 4.78 is 0. The second kappa shape index (κ2) is 3.70. The van der Waals surface area contributed by atoms with Crippen LogP contribution in [0.5, 0.6) is 0 Å². The van der Waals surface area contributed by atoms with Crippen LogP contribution in [0.3, 0.4) is 0 Å². The maximum Gasteiger partial charge on any atom is 0.0417 e. The van der Waals surface area contributed by atoms with Crippen molar-refractivity contribution in [3.8, 4) is 0 Å². The van der Waals surface area contributed by atoms with Crippen LogP contribution in [0.2, 0.25) is 0 Å². The standard InChI is InChI=1S/C13H15N/c1-3-10-8-9-13(14-2)12-7-5-4-6-11(10)12/h4-9,14H,3H2,1-2H3. The fraction of sp³-hybridized carbons (Fsp3) is 0.231. The van der Waals surface area contributed by atoms with Gasteiger partial charge >= 0.3 is 0 Å². The van der Waals surface area contributed by atoms with Crippen LogP contribution in [0.25, 0.3) is 10.8 Å². The van der Waals surface area contributed by atoms with Gasteiger partial charge in [0, 0.05) is 18.1 Å². The molecule has 0 radical (unpaired) electrons. The van der Waals surface area contributed by atoms with Crippen LogP contribution in [0.15, 0.2) is 36.4 Å². The van der Waals surface area contributed by atoms with Crippen molar-refractivity contribution in [1.82, 2.24) is 0 Å². The predicted molar refractivity (Wildman–Crippen MR) is 62.9 cm³/mol. The van der Waals surface area contributed by atoms with Crippen LogP contribution < -0.4 is 5.32 Å². The highest BCUT2D eigenvalue weighted by Gasteiger charge is 2.01. The van der Waals surface area contributed by atoms with E-state index in [2.05, 4.69) is 48.6 Å². The van der Waals surface area contributed by atoms with E-state index >= 15 is 0 Å². The van der Waals surface area contributed by atoms with Crippen molar-refractivity contribution in [2.24, 2.45) is 0 Å². The summed E-state index contributed by atoms with van der Waals surface area (Å²) in [4.78, 5) is 0. The summed E-state index contributed by atoms with van der Waals surface area (Å²) >= 11 is 0. The van der Waals surface area contributed by atoms with Gasteiger partial charge in [-0.15, -0.1) is 0 Å². The molecule has 0 bridgehead atoms. The van der Waals surface area contributed by atoms with E-state index in [1.807, 2.05) is 7.05 Å². The van der Waals surface area contributed by atoms with Crippen LogP contribution in [-0.4, -0.2) is 7.05 Å². The van der Waals surface area contributed by atoms with Crippen LogP contribution >= 0.6 is 0 Å². The summed E-state index contributed by atoms with van der Waals surface area (Å²) in [5.74, 6) is 0. The molecule has 0 aliphatic rings. The average Bonchev–Trinajstić information content (AvgIpc) is 2.27. The molecular formula is C13H15N. The zero-order valence-electron chi connectivity index (χ0n) is 8.67. The third-order valence-corrected chi connectivity index (χ3v) is 2.66. The molecule has 0 spiro atoms. The molecule has 1 nitrogen and oxygen atoms in total. The SMILES string of the molecule is CCc1ccc(NC)c2ccccc12. The van der Waals surface area contributed by atoms with E-state index in [0.717, 1.165) is 6.42 Å². The molecule has 14 heavy (non-hydrogen) atoms. The van der Waals surface area contributed by atoms with Crippen molar-refractivity contribution < 1.29 is 0 Å². The summed E-state index contributed by atoms with van der Waals surface area (Å²) in [7, 11) is 1.97. The summed E-state index contributed by atoms with van der Waals surface area (Å²) in [5, 5.41) is 5.90. The largest absolute Gasteiger partial charge is 0.388 e. The number of hydrogen-bond acceptors (Lipinski definition) is 1. The normalized spacial score (nSPS) is 10.4. The Hall–Kier alpha value is -1.50. The van der Waals surface area contributed by atoms with Gasteiger partial charge < -0.3 is 5.32 Å². The molecule has 72 valence electrons. The molecule has 0 amide bonds. The van der Waals surface area contributed by atoms with Crippen LogP contribution in [0.1, 0.15) is 12.5 Å². The third-order valence-electron chi connectivity index (χ3n) is 2.66. The van der Waals surface area contributed by atoms with Crippen LogP contribution in [0.4, 0.5) is 5.69 Å². The maximum absolute atomic E-state index is 3.22. The number of anilines is 1. The van der Waals surface area contributed by atoms with Gasteiger partial charge in [0.1, 0.15) is 0 Å². The Kier molecular flexibility index (Phi) is 2.40. The van der Waals surface area contributed by atoms with E-state index in [-0.39, 0.29) is 0 Å². The van der Waals surface area contributed by atoms with Gasteiger partial charge in [-0.1, -0.05) is 37.3 Å².